The van der Waals surface area contributed by atoms with Gasteiger partial charge in [-0.25, -0.2) is 4.79 Å². The Bertz CT molecular complexity index is 591. The third kappa shape index (κ3) is 3.35. The summed E-state index contributed by atoms with van der Waals surface area (Å²) in [7, 11) is 0. The van der Waals surface area contributed by atoms with Crippen molar-refractivity contribution in [2.45, 2.75) is 25.3 Å². The van der Waals surface area contributed by atoms with Crippen molar-refractivity contribution in [2.75, 3.05) is 13.1 Å². The second kappa shape index (κ2) is 5.91. The molecule has 1 unspecified atom stereocenters. The van der Waals surface area contributed by atoms with E-state index in [0.29, 0.717) is 0 Å². The van der Waals surface area contributed by atoms with Crippen LogP contribution in [0, 0.1) is 0 Å². The van der Waals surface area contributed by atoms with E-state index in [1.807, 2.05) is 0 Å². The van der Waals surface area contributed by atoms with Crippen molar-refractivity contribution in [3.63, 3.8) is 0 Å². The van der Waals surface area contributed by atoms with Crippen LogP contribution in [0.5, 0.6) is 0 Å². The van der Waals surface area contributed by atoms with Crippen LogP contribution in [0.4, 0.5) is 13.2 Å². The molecule has 2 rings (SSSR count). The number of carbonyl (C=O) groups is 2. The summed E-state index contributed by atoms with van der Waals surface area (Å²) in [5.41, 5.74) is -1.89. The molecule has 1 fully saturated rings. The van der Waals surface area contributed by atoms with Crippen LogP contribution in [0.15, 0.2) is 18.3 Å². The highest BCUT2D eigenvalue weighted by molar-refractivity contribution is 5.94. The summed E-state index contributed by atoms with van der Waals surface area (Å²) >= 11 is 0. The summed E-state index contributed by atoms with van der Waals surface area (Å²) < 4.78 is 43.9. The molecule has 2 atom stereocenters. The molecular formula is C13H13F3N2O4. The molecule has 120 valence electrons. The number of hydrogen-bond acceptors (Lipinski definition) is 4. The average molecular weight is 318 g/mol. The lowest BCUT2D eigenvalue weighted by Gasteiger charge is -2.35. The molecule has 1 aromatic rings. The number of amides is 1. The molecule has 1 N–H and O–H groups in total. The van der Waals surface area contributed by atoms with Gasteiger partial charge in [0.2, 0.25) is 0 Å². The van der Waals surface area contributed by atoms with Crippen molar-refractivity contribution in [1.82, 2.24) is 9.88 Å². The van der Waals surface area contributed by atoms with E-state index in [4.69, 9.17) is 9.84 Å². The normalized spacial score (nSPS) is 22.5. The molecule has 0 aliphatic carbocycles. The number of morpholine rings is 1. The Kier molecular flexibility index (Phi) is 4.36. The first-order valence-corrected chi connectivity index (χ1v) is 6.40. The van der Waals surface area contributed by atoms with Crippen molar-refractivity contribution >= 4 is 11.9 Å². The number of carbonyl (C=O) groups excluding carboxylic acids is 1. The van der Waals surface area contributed by atoms with Gasteiger partial charge in [-0.1, -0.05) is 0 Å². The van der Waals surface area contributed by atoms with Crippen molar-refractivity contribution < 1.29 is 32.6 Å². The zero-order chi connectivity index (χ0) is 16.5. The fourth-order valence-corrected chi connectivity index (χ4v) is 2.21. The zero-order valence-electron chi connectivity index (χ0n) is 11.5. The first-order chi connectivity index (χ1) is 10.2. The second-order valence-electron chi connectivity index (χ2n) is 4.88. The van der Waals surface area contributed by atoms with Gasteiger partial charge in [0, 0.05) is 12.7 Å². The first-order valence-electron chi connectivity index (χ1n) is 6.40. The highest BCUT2D eigenvalue weighted by Crippen LogP contribution is 2.31. The first kappa shape index (κ1) is 16.2. The summed E-state index contributed by atoms with van der Waals surface area (Å²) in [6.45, 7) is 1.21. The van der Waals surface area contributed by atoms with Gasteiger partial charge in [0.05, 0.1) is 18.2 Å². The van der Waals surface area contributed by atoms with Gasteiger partial charge in [-0.2, -0.15) is 13.2 Å². The number of nitrogens with zero attached hydrogens (tertiary/aromatic N) is 2. The molecule has 0 saturated carbocycles. The van der Waals surface area contributed by atoms with Crippen LogP contribution < -0.4 is 0 Å². The minimum absolute atomic E-state index is 0.00349. The Balaban J connectivity index is 2.30. The number of ether oxygens (including phenoxy) is 1. The number of pyridine rings is 1. The van der Waals surface area contributed by atoms with Crippen LogP contribution in [0.3, 0.4) is 0 Å². The highest BCUT2D eigenvalue weighted by Gasteiger charge is 2.39. The zero-order valence-corrected chi connectivity index (χ0v) is 11.5. The molecule has 0 radical (unpaired) electrons. The van der Waals surface area contributed by atoms with Crippen LogP contribution in [-0.2, 0) is 15.7 Å². The maximum absolute atomic E-state index is 12.9. The lowest BCUT2D eigenvalue weighted by atomic mass is 10.1. The number of hydrogen-bond donors (Lipinski definition) is 1. The van der Waals surface area contributed by atoms with Crippen molar-refractivity contribution in [1.29, 1.82) is 0 Å². The SMILES string of the molecule is C[C@@H]1CN(C(=O)c2ncccc2C(F)(F)F)CC(C(=O)O)O1. The highest BCUT2D eigenvalue weighted by atomic mass is 19.4. The van der Waals surface area contributed by atoms with Gasteiger partial charge in [0.1, 0.15) is 5.69 Å². The fraction of sp³-hybridized carbons (Fsp3) is 0.462. The standard InChI is InChI=1S/C13H13F3N2O4/c1-7-5-18(6-9(22-7)12(20)21)11(19)10-8(13(14,15)16)3-2-4-17-10/h2-4,7,9H,5-6H2,1H3,(H,20,21)/t7-,9?/m1/s1. The third-order valence-corrected chi connectivity index (χ3v) is 3.14. The molecule has 1 aliphatic heterocycles. The molecule has 1 saturated heterocycles. The predicted octanol–water partition coefficient (Wildman–Crippen LogP) is 1.41. The Morgan fingerprint density at radius 3 is 2.68 bits per heavy atom. The van der Waals surface area contributed by atoms with Crippen LogP contribution in [-0.4, -0.2) is 52.2 Å². The van der Waals surface area contributed by atoms with E-state index >= 15 is 0 Å². The number of aliphatic carboxylic acids is 1. The summed E-state index contributed by atoms with van der Waals surface area (Å²) in [6.07, 6.45) is -5.51. The van der Waals surface area contributed by atoms with E-state index in [1.165, 1.54) is 0 Å². The van der Waals surface area contributed by atoms with Crippen LogP contribution in [0.2, 0.25) is 0 Å². The van der Waals surface area contributed by atoms with Gasteiger partial charge in [0.25, 0.3) is 5.91 Å². The van der Waals surface area contributed by atoms with E-state index in [9.17, 15) is 22.8 Å². The molecule has 1 aromatic heterocycles. The van der Waals surface area contributed by atoms with E-state index in [1.54, 1.807) is 6.92 Å². The Morgan fingerprint density at radius 2 is 2.09 bits per heavy atom. The lowest BCUT2D eigenvalue weighted by molar-refractivity contribution is -0.160. The molecule has 1 aliphatic rings. The number of halogens is 3. The van der Waals surface area contributed by atoms with Gasteiger partial charge in [0.15, 0.2) is 6.10 Å². The second-order valence-corrected chi connectivity index (χ2v) is 4.88. The molecule has 1 amide bonds. The van der Waals surface area contributed by atoms with E-state index < -0.39 is 41.5 Å². The summed E-state index contributed by atoms with van der Waals surface area (Å²) in [6, 6.07) is 1.85. The van der Waals surface area contributed by atoms with E-state index in [0.717, 1.165) is 23.2 Å². The molecule has 9 heteroatoms. The molecule has 2 heterocycles. The number of alkyl halides is 3. The molecule has 22 heavy (non-hydrogen) atoms. The molecule has 0 bridgehead atoms. The van der Waals surface area contributed by atoms with Crippen molar-refractivity contribution in [3.8, 4) is 0 Å². The minimum atomic E-state index is -4.72. The quantitative estimate of drug-likeness (QED) is 0.892. The minimum Gasteiger partial charge on any atom is -0.479 e. The molecule has 6 nitrogen and oxygen atoms in total. The largest absolute Gasteiger partial charge is 0.479 e. The monoisotopic (exact) mass is 318 g/mol. The molecular weight excluding hydrogens is 305 g/mol. The van der Waals surface area contributed by atoms with Gasteiger partial charge in [-0.15, -0.1) is 0 Å². The predicted molar refractivity (Wildman–Crippen MR) is 67.1 cm³/mol. The van der Waals surface area contributed by atoms with Crippen molar-refractivity contribution in [2.24, 2.45) is 0 Å². The van der Waals surface area contributed by atoms with E-state index in [-0.39, 0.29) is 13.1 Å². The van der Waals surface area contributed by atoms with Gasteiger partial charge < -0.3 is 14.7 Å². The van der Waals surface area contributed by atoms with Gasteiger partial charge in [-0.05, 0) is 19.1 Å². The summed E-state index contributed by atoms with van der Waals surface area (Å²) in [5.74, 6) is -2.24. The Hall–Kier alpha value is -2.16. The molecule has 0 spiro atoms. The van der Waals surface area contributed by atoms with Crippen LogP contribution >= 0.6 is 0 Å². The Labute approximate surface area is 123 Å². The van der Waals surface area contributed by atoms with Crippen LogP contribution in [0.25, 0.3) is 0 Å². The Morgan fingerprint density at radius 1 is 1.41 bits per heavy atom. The smallest absolute Gasteiger partial charge is 0.418 e. The maximum Gasteiger partial charge on any atom is 0.418 e. The van der Waals surface area contributed by atoms with Crippen LogP contribution in [0.1, 0.15) is 23.0 Å². The number of carboxylic acids is 1. The van der Waals surface area contributed by atoms with E-state index in [2.05, 4.69) is 4.98 Å². The third-order valence-electron chi connectivity index (χ3n) is 3.14. The number of carboxylic acid groups (broad SMARTS) is 1. The van der Waals surface area contributed by atoms with Gasteiger partial charge >= 0.3 is 12.1 Å². The average Bonchev–Trinajstić information content (AvgIpc) is 2.45. The maximum atomic E-state index is 12.9. The number of aromatic nitrogens is 1. The topological polar surface area (TPSA) is 79.7 Å². The summed E-state index contributed by atoms with van der Waals surface area (Å²) in [4.78, 5) is 27.8. The lowest BCUT2D eigenvalue weighted by Crippen LogP contribution is -2.52. The van der Waals surface area contributed by atoms with Gasteiger partial charge in [-0.3, -0.25) is 9.78 Å². The number of rotatable bonds is 2. The fourth-order valence-electron chi connectivity index (χ4n) is 2.21. The van der Waals surface area contributed by atoms with Crippen molar-refractivity contribution in [3.05, 3.63) is 29.6 Å². The summed E-state index contributed by atoms with van der Waals surface area (Å²) in [5, 5.41) is 8.95. The molecule has 0 aromatic carbocycles.